The molecule has 0 radical (unpaired) electrons. The molecular weight excluding hydrogens is 1260 g/mol. The summed E-state index contributed by atoms with van der Waals surface area (Å²) in [6, 6.07) is 18.7. The van der Waals surface area contributed by atoms with Gasteiger partial charge in [-0.25, -0.2) is 38.6 Å². The van der Waals surface area contributed by atoms with Crippen molar-refractivity contribution < 1.29 is 52.9 Å². The van der Waals surface area contributed by atoms with Gasteiger partial charge in [-0.05, 0) is 140 Å². The van der Waals surface area contributed by atoms with E-state index in [2.05, 4.69) is 44.1 Å². The fourth-order valence-electron chi connectivity index (χ4n) is 15.4. The molecule has 20 nitrogen and oxygen atoms in total. The predicted molar refractivity (Wildman–Crippen MR) is 388 cm³/mol. The second kappa shape index (κ2) is 36.3. The third-order valence-electron chi connectivity index (χ3n) is 20.6. The summed E-state index contributed by atoms with van der Waals surface area (Å²) in [6.45, 7) is 21.3. The van der Waals surface area contributed by atoms with E-state index >= 15 is 0 Å². The van der Waals surface area contributed by atoms with Crippen molar-refractivity contribution in [1.29, 1.82) is 0 Å². The zero-order valence-corrected chi connectivity index (χ0v) is 60.6. The second-order valence-electron chi connectivity index (χ2n) is 26.7. The number of ether oxygens (including phenoxy) is 2. The van der Waals surface area contributed by atoms with Gasteiger partial charge in [0.25, 0.3) is 11.5 Å². The maximum Gasteiger partial charge on any atom is 0.428 e. The number of carboxylic acid groups (broad SMARTS) is 2. The summed E-state index contributed by atoms with van der Waals surface area (Å²) in [5.41, 5.74) is 10.8. The normalized spacial score (nSPS) is 15.8. The van der Waals surface area contributed by atoms with E-state index in [1.165, 1.54) is 36.7 Å². The number of carbonyl (C=O) groups is 6. The Balaban J connectivity index is 0.000000265. The van der Waals surface area contributed by atoms with E-state index < -0.39 is 52.9 Å². The van der Waals surface area contributed by atoms with Gasteiger partial charge in [0.1, 0.15) is 42.2 Å². The van der Waals surface area contributed by atoms with Crippen LogP contribution in [0.1, 0.15) is 303 Å². The zero-order chi connectivity index (χ0) is 72.2. The SMILES string of the molecule is CCCCCCCCCCn1cc(C(c2[nH]c(C(=O)O)c(CC)c2CC)c2[nH]c(C(=O)O)c(CC)c2CC)c(=O)[nH]c1=O.CCc1c(C(=O)OCc2ccccc2)[nH]c(C(C2=C[N+]3(CCCCCCCCC3C)C(=O)NC2=O)c2[nH]c(C(=O)OCc3ccccc3)c(CC)c2CC)c1CC. The van der Waals surface area contributed by atoms with Gasteiger partial charge in [0, 0.05) is 47.5 Å². The number of aryl methyl sites for hydroxylation is 1. The lowest BCUT2D eigenvalue weighted by molar-refractivity contribution is -0.825. The fraction of sp³-hybridized carbons (Fsp3) is 0.500. The van der Waals surface area contributed by atoms with Crippen molar-refractivity contribution in [3.8, 4) is 0 Å². The van der Waals surface area contributed by atoms with Gasteiger partial charge in [-0.2, -0.15) is 0 Å². The highest BCUT2D eigenvalue weighted by molar-refractivity contribution is 6.06. The van der Waals surface area contributed by atoms with Crippen LogP contribution in [0.25, 0.3) is 0 Å². The van der Waals surface area contributed by atoms with E-state index in [9.17, 15) is 48.6 Å². The van der Waals surface area contributed by atoms with Crippen LogP contribution in [0.15, 0.2) is 88.2 Å². The molecule has 2 aliphatic rings. The van der Waals surface area contributed by atoms with Crippen LogP contribution < -0.4 is 16.6 Å². The number of quaternary nitrogens is 1. The monoisotopic (exact) mass is 1370 g/mol. The summed E-state index contributed by atoms with van der Waals surface area (Å²) in [5.74, 6) is -5.27. The molecule has 2 aromatic carbocycles. The lowest BCUT2D eigenvalue weighted by Gasteiger charge is -2.41. The molecule has 3 amide bonds. The number of imide groups is 1. The van der Waals surface area contributed by atoms with Crippen molar-refractivity contribution in [3.63, 3.8) is 0 Å². The molecular formula is C80H107N8O12+. The molecule has 20 heteroatoms. The molecule has 1 fully saturated rings. The number of nitrogens with one attached hydrogen (secondary N) is 6. The molecule has 538 valence electrons. The molecule has 2 unspecified atom stereocenters. The Kier molecular flexibility index (Phi) is 27.9. The number of H-pyrrole nitrogens is 5. The number of amides is 3. The van der Waals surface area contributed by atoms with Gasteiger partial charge in [0.2, 0.25) is 0 Å². The molecule has 7 heterocycles. The topological polar surface area (TPSA) is 291 Å². The van der Waals surface area contributed by atoms with Crippen molar-refractivity contribution in [1.82, 2.24) is 34.8 Å². The molecule has 0 saturated carbocycles. The van der Waals surface area contributed by atoms with E-state index in [1.807, 2.05) is 122 Å². The Labute approximate surface area is 588 Å². The van der Waals surface area contributed by atoms with Gasteiger partial charge in [-0.3, -0.25) is 14.6 Å². The first-order valence-corrected chi connectivity index (χ1v) is 36.9. The van der Waals surface area contributed by atoms with Crippen LogP contribution >= 0.6 is 0 Å². The molecule has 2 aliphatic heterocycles. The fourth-order valence-corrected chi connectivity index (χ4v) is 15.4. The van der Waals surface area contributed by atoms with E-state index in [4.69, 9.17) is 9.47 Å². The number of urea groups is 1. The summed E-state index contributed by atoms with van der Waals surface area (Å²) in [4.78, 5) is 123. The van der Waals surface area contributed by atoms with Gasteiger partial charge >= 0.3 is 35.6 Å². The van der Waals surface area contributed by atoms with Crippen LogP contribution in [0.3, 0.4) is 0 Å². The van der Waals surface area contributed by atoms with Crippen LogP contribution in [0.2, 0.25) is 0 Å². The number of rotatable bonds is 31. The maximum absolute atomic E-state index is 14.5. The van der Waals surface area contributed by atoms with Crippen molar-refractivity contribution in [3.05, 3.63) is 206 Å². The van der Waals surface area contributed by atoms with Crippen LogP contribution in [0, 0.1) is 0 Å². The molecule has 100 heavy (non-hydrogen) atoms. The lowest BCUT2D eigenvalue weighted by atomic mass is 9.84. The minimum Gasteiger partial charge on any atom is -0.477 e. The van der Waals surface area contributed by atoms with Crippen molar-refractivity contribution in [2.24, 2.45) is 0 Å². The molecule has 8 N–H and O–H groups in total. The minimum atomic E-state index is -1.10. The van der Waals surface area contributed by atoms with Gasteiger partial charge < -0.3 is 44.2 Å². The highest BCUT2D eigenvalue weighted by Crippen LogP contribution is 2.44. The Morgan fingerprint density at radius 2 is 0.900 bits per heavy atom. The average Bonchev–Trinajstić information content (AvgIpc) is 1.48. The Morgan fingerprint density at radius 1 is 0.500 bits per heavy atom. The van der Waals surface area contributed by atoms with Crippen LogP contribution in [0.5, 0.6) is 0 Å². The van der Waals surface area contributed by atoms with Gasteiger partial charge in [-0.15, -0.1) is 0 Å². The quantitative estimate of drug-likeness (QED) is 0.0114. The third kappa shape index (κ3) is 17.2. The van der Waals surface area contributed by atoms with Gasteiger partial charge in [0.05, 0.1) is 30.0 Å². The van der Waals surface area contributed by atoms with Crippen molar-refractivity contribution >= 4 is 35.8 Å². The van der Waals surface area contributed by atoms with Crippen LogP contribution in [-0.4, -0.2) is 92.6 Å². The summed E-state index contributed by atoms with van der Waals surface area (Å²) in [7, 11) is 0. The Hall–Kier alpha value is -9.04. The summed E-state index contributed by atoms with van der Waals surface area (Å²) >= 11 is 0. The maximum atomic E-state index is 14.5. The van der Waals surface area contributed by atoms with E-state index in [0.29, 0.717) is 115 Å². The largest absolute Gasteiger partial charge is 0.477 e. The smallest absolute Gasteiger partial charge is 0.428 e. The number of unbranched alkanes of at least 4 members (excludes halogenated alkanes) is 7. The number of aromatic amines is 5. The van der Waals surface area contributed by atoms with E-state index in [1.54, 1.807) is 6.20 Å². The highest BCUT2D eigenvalue weighted by atomic mass is 16.5. The summed E-state index contributed by atoms with van der Waals surface area (Å²) in [6.07, 6.45) is 23.7. The number of benzene rings is 2. The molecule has 1 spiro atoms. The number of carboxylic acids is 2. The molecule has 1 saturated heterocycles. The number of hydrogen-bond acceptors (Lipinski definition) is 10. The van der Waals surface area contributed by atoms with E-state index in [-0.39, 0.29) is 46.7 Å². The highest BCUT2D eigenvalue weighted by Gasteiger charge is 2.49. The van der Waals surface area contributed by atoms with Crippen LogP contribution in [-0.2, 0) is 85.4 Å². The van der Waals surface area contributed by atoms with Crippen molar-refractivity contribution in [2.45, 2.75) is 255 Å². The molecule has 0 aliphatic carbocycles. The van der Waals surface area contributed by atoms with E-state index in [0.717, 1.165) is 109 Å². The van der Waals surface area contributed by atoms with Gasteiger partial charge in [0.15, 0.2) is 0 Å². The number of carbonyl (C=O) groups excluding carboxylic acids is 4. The first-order valence-electron chi connectivity index (χ1n) is 36.9. The molecule has 2 atom stereocenters. The first-order chi connectivity index (χ1) is 48.3. The average molecular weight is 1370 g/mol. The summed E-state index contributed by atoms with van der Waals surface area (Å²) < 4.78 is 13.3. The number of aromatic nitrogens is 6. The number of nitrogens with zero attached hydrogens (tertiary/aromatic N) is 2. The number of hydrogen-bond donors (Lipinski definition) is 8. The minimum absolute atomic E-state index is 0.0150. The standard InChI is InChI=1S/C47H58N4O6.C33H48N4O6/c1-6-34-36(8-3)42(45(53)56-29-32-23-17-14-18-24-32)48-40(34)39(38-28-51(47(55)50-44(38)52)27-21-13-11-10-12-16-22-31(51)5)41-35(7-2)37(9-4)43(49-41)46(54)57-30-33-25-19-15-20-26-33;1-6-11-12-13-14-15-16-17-18-37-19-24(30(38)36-33(37)43)25(26-20(7-2)22(9-4)28(34-26)31(39)40)27-21(8-3)23(10-5)29(35-27)32(41)42/h14-15,17-20,23-26,28,31,39H,6-13,16,21-22,27,29-30H2,1-5H3,(H2-,48,49,50,52,53,54,55);19,25,34-35H,6-18H2,1-5H3,(H,39,40)(H,41,42)(H,36,38,43)/p+1. The molecule has 0 bridgehead atoms. The molecule has 5 aromatic heterocycles. The Bertz CT molecular complexity index is 3940. The van der Waals surface area contributed by atoms with Gasteiger partial charge in [-0.1, -0.05) is 187 Å². The summed E-state index contributed by atoms with van der Waals surface area (Å²) in [5, 5.41) is 22.8. The number of esters is 2. The zero-order valence-electron chi connectivity index (χ0n) is 60.6. The first kappa shape index (κ1) is 76.7. The molecule has 9 rings (SSSR count). The van der Waals surface area contributed by atoms with Crippen molar-refractivity contribution in [2.75, 3.05) is 6.54 Å². The third-order valence-corrected chi connectivity index (χ3v) is 20.6. The predicted octanol–water partition coefficient (Wildman–Crippen LogP) is 15.7. The number of aromatic carboxylic acids is 2. The second-order valence-corrected chi connectivity index (χ2v) is 26.7. The Morgan fingerprint density at radius 3 is 1.34 bits per heavy atom. The molecule has 7 aromatic rings. The lowest BCUT2D eigenvalue weighted by Crippen LogP contribution is -2.63. The van der Waals surface area contributed by atoms with Crippen LogP contribution in [0.4, 0.5) is 4.79 Å².